The molecule has 2 heterocycles. The number of anilines is 2. The molecule has 0 N–H and O–H groups in total. The SMILES string of the molecule is CC(=O)c1ccc(N2CCN(S(=O)(=O)c3ccc4c(c3)C(C)(C)CN4C(C)=O)CC2)cc1. The number of nitrogens with zero attached hydrogens (tertiary/aromatic N) is 3. The van der Waals surface area contributed by atoms with Crippen LogP contribution in [0.25, 0.3) is 0 Å². The van der Waals surface area contributed by atoms with Crippen molar-refractivity contribution in [3.63, 3.8) is 0 Å². The lowest BCUT2D eigenvalue weighted by Crippen LogP contribution is -2.48. The van der Waals surface area contributed by atoms with Crippen molar-refractivity contribution >= 4 is 33.1 Å². The second kappa shape index (κ2) is 8.01. The van der Waals surface area contributed by atoms with E-state index in [2.05, 4.69) is 4.90 Å². The molecule has 2 aliphatic heterocycles. The number of carbonyl (C=O) groups excluding carboxylic acids is 2. The van der Waals surface area contributed by atoms with Crippen molar-refractivity contribution in [2.24, 2.45) is 0 Å². The quantitative estimate of drug-likeness (QED) is 0.663. The maximum Gasteiger partial charge on any atom is 0.243 e. The van der Waals surface area contributed by atoms with Crippen LogP contribution < -0.4 is 9.80 Å². The molecule has 2 aromatic rings. The average molecular weight is 456 g/mol. The van der Waals surface area contributed by atoms with Gasteiger partial charge in [0.1, 0.15) is 0 Å². The Hall–Kier alpha value is -2.71. The van der Waals surface area contributed by atoms with E-state index in [1.165, 1.54) is 18.2 Å². The third-order valence-corrected chi connectivity index (χ3v) is 8.33. The highest BCUT2D eigenvalue weighted by molar-refractivity contribution is 7.89. The van der Waals surface area contributed by atoms with Crippen LogP contribution in [0.15, 0.2) is 47.4 Å². The second-order valence-corrected chi connectivity index (χ2v) is 11.1. The van der Waals surface area contributed by atoms with Gasteiger partial charge in [-0.25, -0.2) is 8.42 Å². The number of hydrogen-bond donors (Lipinski definition) is 0. The normalized spacial score (nSPS) is 18.5. The smallest absolute Gasteiger partial charge is 0.243 e. The molecule has 0 saturated carbocycles. The summed E-state index contributed by atoms with van der Waals surface area (Å²) in [7, 11) is -3.64. The Morgan fingerprint density at radius 2 is 1.53 bits per heavy atom. The lowest BCUT2D eigenvalue weighted by molar-refractivity contribution is -0.116. The summed E-state index contributed by atoms with van der Waals surface area (Å²) in [4.78, 5) is 27.6. The Labute approximate surface area is 189 Å². The minimum Gasteiger partial charge on any atom is -0.369 e. The molecule has 170 valence electrons. The van der Waals surface area contributed by atoms with Crippen molar-refractivity contribution in [3.8, 4) is 0 Å². The highest BCUT2D eigenvalue weighted by atomic mass is 32.2. The predicted molar refractivity (Wildman–Crippen MR) is 125 cm³/mol. The number of fused-ring (bicyclic) bond motifs is 1. The van der Waals surface area contributed by atoms with Gasteiger partial charge in [-0.2, -0.15) is 4.31 Å². The van der Waals surface area contributed by atoms with Gasteiger partial charge in [-0.05, 0) is 55.0 Å². The molecule has 0 atom stereocenters. The molecule has 1 saturated heterocycles. The highest BCUT2D eigenvalue weighted by Gasteiger charge is 2.38. The van der Waals surface area contributed by atoms with Crippen molar-refractivity contribution in [2.75, 3.05) is 42.5 Å². The first-order chi connectivity index (χ1) is 15.0. The van der Waals surface area contributed by atoms with Gasteiger partial charge in [0.15, 0.2) is 5.78 Å². The highest BCUT2D eigenvalue weighted by Crippen LogP contribution is 2.42. The number of amides is 1. The van der Waals surface area contributed by atoms with Crippen LogP contribution in [0.4, 0.5) is 11.4 Å². The Morgan fingerprint density at radius 3 is 2.09 bits per heavy atom. The molecule has 0 bridgehead atoms. The summed E-state index contributed by atoms with van der Waals surface area (Å²) in [5, 5.41) is 0. The van der Waals surface area contributed by atoms with Crippen LogP contribution in [0.2, 0.25) is 0 Å². The van der Waals surface area contributed by atoms with Crippen molar-refractivity contribution < 1.29 is 18.0 Å². The van der Waals surface area contributed by atoms with E-state index >= 15 is 0 Å². The van der Waals surface area contributed by atoms with Crippen molar-refractivity contribution in [2.45, 2.75) is 38.0 Å². The largest absolute Gasteiger partial charge is 0.369 e. The van der Waals surface area contributed by atoms with Crippen LogP contribution >= 0.6 is 0 Å². The fourth-order valence-corrected chi connectivity index (χ4v) is 5.99. The van der Waals surface area contributed by atoms with Crippen molar-refractivity contribution in [1.29, 1.82) is 0 Å². The molecule has 7 nitrogen and oxygen atoms in total. The monoisotopic (exact) mass is 455 g/mol. The number of benzene rings is 2. The number of hydrogen-bond acceptors (Lipinski definition) is 5. The van der Waals surface area contributed by atoms with E-state index in [0.717, 1.165) is 16.9 Å². The molecule has 4 rings (SSSR count). The van der Waals surface area contributed by atoms with Gasteiger partial charge in [0.25, 0.3) is 0 Å². The summed E-state index contributed by atoms with van der Waals surface area (Å²) >= 11 is 0. The Bertz CT molecular complexity index is 1160. The first-order valence-corrected chi connectivity index (χ1v) is 12.2. The molecular formula is C24H29N3O4S. The molecule has 2 aromatic carbocycles. The summed E-state index contributed by atoms with van der Waals surface area (Å²) in [6, 6.07) is 12.5. The standard InChI is InChI=1S/C24H29N3O4S/c1-17(28)19-5-7-20(8-6-19)25-11-13-26(14-12-25)32(30,31)21-9-10-23-22(15-21)24(3,4)16-27(23)18(2)29/h5-10,15H,11-14,16H2,1-4H3. The third-order valence-electron chi connectivity index (χ3n) is 6.44. The maximum atomic E-state index is 13.4. The van der Waals surface area contributed by atoms with Gasteiger partial charge in [-0.15, -0.1) is 0 Å². The van der Waals surface area contributed by atoms with Crippen LogP contribution in [0.1, 0.15) is 43.6 Å². The molecule has 8 heteroatoms. The summed E-state index contributed by atoms with van der Waals surface area (Å²) < 4.78 is 28.3. The van der Waals surface area contributed by atoms with Gasteiger partial charge in [0.2, 0.25) is 15.9 Å². The van der Waals surface area contributed by atoms with E-state index in [-0.39, 0.29) is 22.0 Å². The Kier molecular flexibility index (Phi) is 5.63. The number of sulfonamides is 1. The minimum absolute atomic E-state index is 0.0245. The zero-order valence-electron chi connectivity index (χ0n) is 19.0. The topological polar surface area (TPSA) is 78.0 Å². The van der Waals surface area contributed by atoms with Crippen LogP contribution in [-0.4, -0.2) is 57.1 Å². The van der Waals surface area contributed by atoms with E-state index in [0.29, 0.717) is 38.3 Å². The fraction of sp³-hybridized carbons (Fsp3) is 0.417. The predicted octanol–water partition coefficient (Wildman–Crippen LogP) is 3.04. The molecule has 1 amide bonds. The summed E-state index contributed by atoms with van der Waals surface area (Å²) in [5.74, 6) is -0.0173. The summed E-state index contributed by atoms with van der Waals surface area (Å²) in [5.41, 5.74) is 3.02. The number of Topliss-reactive ketones (excluding diaryl/α,β-unsaturated/α-hetero) is 1. The molecule has 0 aromatic heterocycles. The molecule has 0 unspecified atom stereocenters. The molecule has 0 aliphatic carbocycles. The van der Waals surface area contributed by atoms with E-state index in [4.69, 9.17) is 0 Å². The molecule has 2 aliphatic rings. The zero-order chi connectivity index (χ0) is 23.3. The first-order valence-electron chi connectivity index (χ1n) is 10.8. The summed E-state index contributed by atoms with van der Waals surface area (Å²) in [6.07, 6.45) is 0. The maximum absolute atomic E-state index is 13.4. The summed E-state index contributed by atoms with van der Waals surface area (Å²) in [6.45, 7) is 9.60. The van der Waals surface area contributed by atoms with Crippen LogP contribution in [0, 0.1) is 0 Å². The van der Waals surface area contributed by atoms with Gasteiger partial charge in [0.05, 0.1) is 4.90 Å². The van der Waals surface area contributed by atoms with E-state index < -0.39 is 10.0 Å². The fourth-order valence-electron chi connectivity index (χ4n) is 4.54. The zero-order valence-corrected chi connectivity index (χ0v) is 19.8. The number of ketones is 1. The average Bonchev–Trinajstić information content (AvgIpc) is 3.04. The van der Waals surface area contributed by atoms with Gasteiger partial charge >= 0.3 is 0 Å². The van der Waals surface area contributed by atoms with E-state index in [1.807, 2.05) is 26.0 Å². The molecule has 32 heavy (non-hydrogen) atoms. The molecule has 0 spiro atoms. The number of piperazine rings is 1. The molecule has 0 radical (unpaired) electrons. The molecular weight excluding hydrogens is 426 g/mol. The second-order valence-electron chi connectivity index (χ2n) is 9.16. The van der Waals surface area contributed by atoms with Gasteiger partial charge in [-0.3, -0.25) is 9.59 Å². The van der Waals surface area contributed by atoms with Gasteiger partial charge < -0.3 is 9.80 Å². The van der Waals surface area contributed by atoms with Crippen molar-refractivity contribution in [3.05, 3.63) is 53.6 Å². The van der Waals surface area contributed by atoms with Gasteiger partial charge in [-0.1, -0.05) is 13.8 Å². The Morgan fingerprint density at radius 1 is 0.906 bits per heavy atom. The Balaban J connectivity index is 1.52. The number of rotatable bonds is 4. The lowest BCUT2D eigenvalue weighted by Gasteiger charge is -2.35. The third kappa shape index (κ3) is 3.93. The van der Waals surface area contributed by atoms with E-state index in [1.54, 1.807) is 35.2 Å². The lowest BCUT2D eigenvalue weighted by atomic mass is 9.87. The van der Waals surface area contributed by atoms with Crippen LogP contribution in [0.3, 0.4) is 0 Å². The number of carbonyl (C=O) groups is 2. The first kappa shape index (κ1) is 22.5. The van der Waals surface area contributed by atoms with E-state index in [9.17, 15) is 18.0 Å². The van der Waals surface area contributed by atoms with Crippen molar-refractivity contribution in [1.82, 2.24) is 4.31 Å². The molecule has 1 fully saturated rings. The minimum atomic E-state index is -3.64. The van der Waals surface area contributed by atoms with Gasteiger partial charge in [0, 0.05) is 62.0 Å². The van der Waals surface area contributed by atoms with Crippen LogP contribution in [-0.2, 0) is 20.2 Å². The van der Waals surface area contributed by atoms with Crippen LogP contribution in [0.5, 0.6) is 0 Å².